The number of aryl methyl sites for hydroxylation is 1. The number of hydrogen-bond donors (Lipinski definition) is 2. The van der Waals surface area contributed by atoms with E-state index in [4.69, 9.17) is 17.5 Å². The van der Waals surface area contributed by atoms with Crippen LogP contribution in [0, 0.1) is 6.92 Å². The Balaban J connectivity index is 1.62. The predicted octanol–water partition coefficient (Wildman–Crippen LogP) is 6.81. The van der Waals surface area contributed by atoms with Crippen LogP contribution >= 0.6 is 23.4 Å². The van der Waals surface area contributed by atoms with E-state index in [1.54, 1.807) is 12.1 Å². The Morgan fingerprint density at radius 2 is 1.94 bits per heavy atom. The van der Waals surface area contributed by atoms with Gasteiger partial charge in [0.15, 0.2) is 5.16 Å². The van der Waals surface area contributed by atoms with E-state index in [-0.39, 0.29) is 5.28 Å². The quantitative estimate of drug-likeness (QED) is 0.0909. The van der Waals surface area contributed by atoms with Gasteiger partial charge in [-0.15, -0.1) is 5.11 Å². The van der Waals surface area contributed by atoms with Gasteiger partial charge < -0.3 is 10.2 Å². The molecule has 0 saturated carbocycles. The van der Waals surface area contributed by atoms with Crippen molar-refractivity contribution in [3.8, 4) is 0 Å². The average molecular weight is 493 g/mol. The van der Waals surface area contributed by atoms with E-state index in [0.717, 1.165) is 28.6 Å². The second kappa shape index (κ2) is 11.0. The molecule has 0 aliphatic heterocycles. The number of aliphatic imine (C=N–C) groups is 1. The van der Waals surface area contributed by atoms with E-state index < -0.39 is 0 Å². The molecule has 11 heteroatoms. The first-order valence-electron chi connectivity index (χ1n) is 10.3. The molecule has 0 spiro atoms. The molecule has 0 saturated heterocycles. The van der Waals surface area contributed by atoms with Gasteiger partial charge in [-0.05, 0) is 70.9 Å². The van der Waals surface area contributed by atoms with Crippen molar-refractivity contribution in [2.24, 2.45) is 21.1 Å². The molecule has 4 rings (SSSR count). The van der Waals surface area contributed by atoms with Crippen LogP contribution in [0.4, 0.5) is 28.7 Å². The normalized spacial score (nSPS) is 11.5. The van der Waals surface area contributed by atoms with Crippen LogP contribution in [0.25, 0.3) is 10.8 Å². The SMILES string of the molecule is CCSc1nc(Cl)nc(Nc2ccc(N=Nc3ccc4cccc(C)c4c3)c(N=CON)c2)n1. The van der Waals surface area contributed by atoms with Crippen molar-refractivity contribution in [1.82, 2.24) is 15.0 Å². The van der Waals surface area contributed by atoms with Gasteiger partial charge in [0, 0.05) is 5.69 Å². The molecule has 0 fully saturated rings. The molecule has 0 radical (unpaired) electrons. The topological polar surface area (TPSA) is 123 Å². The van der Waals surface area contributed by atoms with Crippen LogP contribution in [0.15, 0.2) is 75.0 Å². The van der Waals surface area contributed by atoms with Crippen molar-refractivity contribution in [2.45, 2.75) is 19.0 Å². The fraction of sp³-hybridized carbons (Fsp3) is 0.130. The van der Waals surface area contributed by atoms with Crippen LogP contribution in [0.2, 0.25) is 5.28 Å². The van der Waals surface area contributed by atoms with E-state index in [0.29, 0.717) is 28.2 Å². The highest BCUT2D eigenvalue weighted by atomic mass is 35.5. The number of nitrogens with zero attached hydrogens (tertiary/aromatic N) is 6. The molecule has 3 aromatic carbocycles. The summed E-state index contributed by atoms with van der Waals surface area (Å²) in [6, 6.07) is 17.4. The lowest BCUT2D eigenvalue weighted by atomic mass is 10.1. The molecule has 0 unspecified atom stereocenters. The Kier molecular flexibility index (Phi) is 7.63. The summed E-state index contributed by atoms with van der Waals surface area (Å²) in [5.74, 6) is 6.25. The van der Waals surface area contributed by atoms with E-state index in [2.05, 4.69) is 59.4 Å². The van der Waals surface area contributed by atoms with Crippen molar-refractivity contribution >= 4 is 69.2 Å². The molecule has 0 aliphatic carbocycles. The predicted molar refractivity (Wildman–Crippen MR) is 137 cm³/mol. The zero-order valence-electron chi connectivity index (χ0n) is 18.4. The maximum atomic E-state index is 6.03. The van der Waals surface area contributed by atoms with Gasteiger partial charge in [0.05, 0.1) is 11.4 Å². The minimum Gasteiger partial charge on any atom is -0.399 e. The summed E-state index contributed by atoms with van der Waals surface area (Å²) in [7, 11) is 0. The summed E-state index contributed by atoms with van der Waals surface area (Å²) in [5.41, 5.74) is 3.59. The summed E-state index contributed by atoms with van der Waals surface area (Å²) in [6.45, 7) is 4.07. The molecule has 0 bridgehead atoms. The van der Waals surface area contributed by atoms with E-state index in [1.165, 1.54) is 17.3 Å². The fourth-order valence-electron chi connectivity index (χ4n) is 3.18. The first kappa shape index (κ1) is 23.6. The second-order valence-corrected chi connectivity index (χ2v) is 8.59. The highest BCUT2D eigenvalue weighted by molar-refractivity contribution is 7.99. The average Bonchev–Trinajstić information content (AvgIpc) is 2.82. The first-order valence-corrected chi connectivity index (χ1v) is 11.7. The number of nitrogens with two attached hydrogens (primary N) is 1. The molecular weight excluding hydrogens is 472 g/mol. The Morgan fingerprint density at radius 1 is 1.06 bits per heavy atom. The Labute approximate surface area is 205 Å². The Morgan fingerprint density at radius 3 is 2.76 bits per heavy atom. The number of halogens is 1. The van der Waals surface area contributed by atoms with E-state index in [1.807, 2.05) is 37.3 Å². The number of azo groups is 1. The van der Waals surface area contributed by atoms with Gasteiger partial charge in [0.25, 0.3) is 0 Å². The van der Waals surface area contributed by atoms with Gasteiger partial charge in [-0.1, -0.05) is 43.0 Å². The van der Waals surface area contributed by atoms with Gasteiger partial charge in [0.1, 0.15) is 5.69 Å². The monoisotopic (exact) mass is 492 g/mol. The molecule has 0 aliphatic rings. The van der Waals surface area contributed by atoms with Crippen molar-refractivity contribution in [1.29, 1.82) is 0 Å². The van der Waals surface area contributed by atoms with Crippen molar-refractivity contribution in [2.75, 3.05) is 11.1 Å². The smallest absolute Gasteiger partial charge is 0.232 e. The van der Waals surface area contributed by atoms with Gasteiger partial charge in [-0.2, -0.15) is 26.0 Å². The minimum atomic E-state index is 0.110. The van der Waals surface area contributed by atoms with Crippen LogP contribution in [0.3, 0.4) is 0 Å². The van der Waals surface area contributed by atoms with Crippen molar-refractivity contribution in [3.63, 3.8) is 0 Å². The van der Waals surface area contributed by atoms with E-state index >= 15 is 0 Å². The second-order valence-electron chi connectivity index (χ2n) is 7.02. The summed E-state index contributed by atoms with van der Waals surface area (Å²) in [6.07, 6.45) is 1.12. The van der Waals surface area contributed by atoms with Crippen LogP contribution in [0.5, 0.6) is 0 Å². The minimum absolute atomic E-state index is 0.110. The zero-order chi connectivity index (χ0) is 23.9. The lowest BCUT2D eigenvalue weighted by Gasteiger charge is -2.08. The van der Waals surface area contributed by atoms with Crippen LogP contribution in [-0.2, 0) is 4.84 Å². The summed E-state index contributed by atoms with van der Waals surface area (Å²) in [5, 5.41) is 14.8. The standard InChI is InChI=1S/C23H21ClN8OS/c1-3-34-23-29-21(24)28-22(30-23)27-16-9-10-19(20(12-16)26-13-33-25)32-31-17-8-7-15-6-4-5-14(2)18(15)11-17/h4-13H,3,25H2,1-2H3,(H,27,28,29,30). The molecule has 172 valence electrons. The van der Waals surface area contributed by atoms with Gasteiger partial charge in [0.2, 0.25) is 17.6 Å². The molecular formula is C23H21ClN8OS. The van der Waals surface area contributed by atoms with Crippen molar-refractivity contribution < 1.29 is 4.84 Å². The number of rotatable bonds is 8. The molecule has 4 aromatic rings. The third-order valence-corrected chi connectivity index (χ3v) is 5.60. The number of hydrogen-bond acceptors (Lipinski definition) is 10. The number of nitrogens with one attached hydrogen (secondary N) is 1. The number of fused-ring (bicyclic) bond motifs is 1. The summed E-state index contributed by atoms with van der Waals surface area (Å²) >= 11 is 7.49. The molecule has 34 heavy (non-hydrogen) atoms. The number of benzene rings is 3. The summed E-state index contributed by atoms with van der Waals surface area (Å²) in [4.78, 5) is 21.3. The van der Waals surface area contributed by atoms with Crippen LogP contribution < -0.4 is 11.2 Å². The largest absolute Gasteiger partial charge is 0.399 e. The van der Waals surface area contributed by atoms with Crippen LogP contribution in [0.1, 0.15) is 12.5 Å². The molecule has 9 nitrogen and oxygen atoms in total. The Bertz CT molecular complexity index is 1380. The molecule has 1 aromatic heterocycles. The molecule has 1 heterocycles. The zero-order valence-corrected chi connectivity index (χ0v) is 20.0. The lowest BCUT2D eigenvalue weighted by molar-refractivity contribution is 0.338. The highest BCUT2D eigenvalue weighted by Gasteiger charge is 2.08. The molecule has 0 atom stereocenters. The van der Waals surface area contributed by atoms with Crippen molar-refractivity contribution in [3.05, 3.63) is 65.4 Å². The maximum absolute atomic E-state index is 6.03. The lowest BCUT2D eigenvalue weighted by Crippen LogP contribution is -2.00. The number of thioether (sulfide) groups is 1. The third-order valence-electron chi connectivity index (χ3n) is 4.70. The maximum Gasteiger partial charge on any atom is 0.232 e. The fourth-order valence-corrected chi connectivity index (χ4v) is 3.95. The van der Waals surface area contributed by atoms with Gasteiger partial charge in [-0.25, -0.2) is 4.99 Å². The molecule has 0 amide bonds. The highest BCUT2D eigenvalue weighted by Crippen LogP contribution is 2.34. The van der Waals surface area contributed by atoms with E-state index in [9.17, 15) is 0 Å². The summed E-state index contributed by atoms with van der Waals surface area (Å²) < 4.78 is 0. The third kappa shape index (κ3) is 5.84. The first-order chi connectivity index (χ1) is 16.6. The van der Waals surface area contributed by atoms with Gasteiger partial charge >= 0.3 is 0 Å². The van der Waals surface area contributed by atoms with Crippen LogP contribution in [-0.4, -0.2) is 27.1 Å². The Hall–Kier alpha value is -3.60. The number of aromatic nitrogens is 3. The number of anilines is 2. The van der Waals surface area contributed by atoms with Gasteiger partial charge in [-0.3, -0.25) is 0 Å². The molecule has 3 N–H and O–H groups in total.